The molecule has 3 aliphatic heterocycles. The maximum atomic E-state index is 13.4. The Morgan fingerprint density at radius 3 is 2.45 bits per heavy atom. The molecule has 2 aromatic carbocycles. The Balaban J connectivity index is 0.866. The van der Waals surface area contributed by atoms with Gasteiger partial charge in [-0.15, -0.1) is 0 Å². The number of nitrogens with one attached hydrogen (secondary N) is 2. The lowest BCUT2D eigenvalue weighted by Crippen LogP contribution is -2.44. The number of imide groups is 1. The number of imidazole rings is 1. The number of carbonyl (C=O) groups is 3. The van der Waals surface area contributed by atoms with Crippen LogP contribution in [0.3, 0.4) is 0 Å². The van der Waals surface area contributed by atoms with Crippen molar-refractivity contribution in [2.45, 2.75) is 63.5 Å². The van der Waals surface area contributed by atoms with E-state index in [4.69, 9.17) is 21.2 Å². The summed E-state index contributed by atoms with van der Waals surface area (Å²) >= 11 is 0. The minimum atomic E-state index is -0.706. The van der Waals surface area contributed by atoms with Gasteiger partial charge in [0.1, 0.15) is 11.8 Å². The van der Waals surface area contributed by atoms with E-state index in [1.54, 1.807) is 53.0 Å². The molecule has 8 rings (SSSR count). The lowest BCUT2D eigenvalue weighted by molar-refractivity contribution is -0.135. The number of fused-ring (bicyclic) bond motifs is 1. The van der Waals surface area contributed by atoms with E-state index >= 15 is 0 Å². The van der Waals surface area contributed by atoms with Crippen molar-refractivity contribution in [2.75, 3.05) is 55.3 Å². The van der Waals surface area contributed by atoms with Gasteiger partial charge in [0.05, 0.1) is 40.6 Å². The largest absolute Gasteiger partial charge is 0.491 e. The highest BCUT2D eigenvalue weighted by Crippen LogP contribution is 2.36. The molecular formula is C42H51N11O5. The van der Waals surface area contributed by atoms with Gasteiger partial charge in [-0.2, -0.15) is 0 Å². The maximum Gasteiger partial charge on any atom is 0.329 e. The molecule has 5 heterocycles. The highest BCUT2D eigenvalue weighted by Gasteiger charge is 2.33. The van der Waals surface area contributed by atoms with Crippen LogP contribution in [0.15, 0.2) is 64.8 Å². The van der Waals surface area contributed by atoms with Crippen LogP contribution in [0.5, 0.6) is 5.75 Å². The Kier molecular flexibility index (Phi) is 11.3. The van der Waals surface area contributed by atoms with Crippen molar-refractivity contribution >= 4 is 57.6 Å². The number of aromatic nitrogens is 4. The summed E-state index contributed by atoms with van der Waals surface area (Å²) in [6.45, 7) is 5.25. The number of likely N-dealkylation sites (tertiary alicyclic amines) is 1. The zero-order chi connectivity index (χ0) is 40.3. The van der Waals surface area contributed by atoms with Crippen molar-refractivity contribution in [3.8, 4) is 5.75 Å². The van der Waals surface area contributed by atoms with E-state index < -0.39 is 17.9 Å². The van der Waals surface area contributed by atoms with Crippen molar-refractivity contribution in [3.05, 3.63) is 76.9 Å². The van der Waals surface area contributed by atoms with Gasteiger partial charge in [0.15, 0.2) is 5.82 Å². The predicted molar refractivity (Wildman–Crippen MR) is 222 cm³/mol. The summed E-state index contributed by atoms with van der Waals surface area (Å²) in [5, 5.41) is 5.33. The molecule has 16 heteroatoms. The Labute approximate surface area is 336 Å². The summed E-state index contributed by atoms with van der Waals surface area (Å²) in [6, 6.07) is 10.6. The third kappa shape index (κ3) is 8.33. The smallest absolute Gasteiger partial charge is 0.329 e. The van der Waals surface area contributed by atoms with E-state index in [2.05, 4.69) is 36.5 Å². The first kappa shape index (κ1) is 38.8. The SMILES string of the molecule is Cn1c(=O)n(C2CCC(=O)NC2=O)c2cccc(N3CCC(CN4CCC(N=Cc5cc(NC(=O)C(=CN)c6ncccn6)c(OCC6CC6)cc5N)CC4)CC3)c21. The monoisotopic (exact) mass is 789 g/mol. The summed E-state index contributed by atoms with van der Waals surface area (Å²) in [5.74, 6) is 0.597. The van der Waals surface area contributed by atoms with Gasteiger partial charge in [-0.25, -0.2) is 14.8 Å². The molecule has 4 fully saturated rings. The maximum absolute atomic E-state index is 13.4. The van der Waals surface area contributed by atoms with E-state index in [1.807, 2.05) is 12.1 Å². The Bertz CT molecular complexity index is 2300. The molecular weight excluding hydrogens is 739 g/mol. The second-order valence-corrected chi connectivity index (χ2v) is 15.9. The van der Waals surface area contributed by atoms with Gasteiger partial charge in [0.25, 0.3) is 5.91 Å². The van der Waals surface area contributed by atoms with Crippen LogP contribution in [0.25, 0.3) is 16.6 Å². The van der Waals surface area contributed by atoms with Crippen LogP contribution in [-0.2, 0) is 21.4 Å². The lowest BCUT2D eigenvalue weighted by Gasteiger charge is -2.38. The van der Waals surface area contributed by atoms with Crippen LogP contribution in [0.1, 0.15) is 68.8 Å². The van der Waals surface area contributed by atoms with Gasteiger partial charge in [0.2, 0.25) is 11.8 Å². The number of hydrogen-bond donors (Lipinski definition) is 4. The number of carbonyl (C=O) groups excluding carboxylic acids is 3. The fraction of sp³-hybridized carbons (Fsp3) is 0.452. The molecule has 1 unspecified atom stereocenters. The Morgan fingerprint density at radius 1 is 0.983 bits per heavy atom. The van der Waals surface area contributed by atoms with Crippen LogP contribution >= 0.6 is 0 Å². The van der Waals surface area contributed by atoms with Crippen molar-refractivity contribution in [3.63, 3.8) is 0 Å². The highest BCUT2D eigenvalue weighted by molar-refractivity contribution is 6.24. The Hall–Kier alpha value is -6.03. The molecule has 1 saturated carbocycles. The van der Waals surface area contributed by atoms with Crippen LogP contribution in [0.2, 0.25) is 0 Å². The second-order valence-electron chi connectivity index (χ2n) is 15.9. The fourth-order valence-electron chi connectivity index (χ4n) is 8.37. The number of aliphatic imine (C=N–C) groups is 1. The molecule has 1 aliphatic carbocycles. The number of nitrogens with two attached hydrogens (primary N) is 2. The van der Waals surface area contributed by atoms with Crippen molar-refractivity contribution < 1.29 is 19.1 Å². The molecule has 3 amide bonds. The van der Waals surface area contributed by atoms with Gasteiger partial charge in [-0.05, 0) is 81.0 Å². The van der Waals surface area contributed by atoms with Crippen molar-refractivity contribution in [1.82, 2.24) is 29.3 Å². The number of anilines is 3. The predicted octanol–water partition coefficient (Wildman–Crippen LogP) is 3.22. The summed E-state index contributed by atoms with van der Waals surface area (Å²) in [4.78, 5) is 69.5. The van der Waals surface area contributed by atoms with Gasteiger partial charge in [-0.1, -0.05) is 6.07 Å². The minimum Gasteiger partial charge on any atom is -0.491 e. The third-order valence-electron chi connectivity index (χ3n) is 11.9. The zero-order valence-electron chi connectivity index (χ0n) is 32.8. The number of piperidine rings is 3. The third-order valence-corrected chi connectivity index (χ3v) is 11.9. The van der Waals surface area contributed by atoms with E-state index in [1.165, 1.54) is 6.20 Å². The average molecular weight is 790 g/mol. The topological polar surface area (TPSA) is 208 Å². The highest BCUT2D eigenvalue weighted by atomic mass is 16.5. The van der Waals surface area contributed by atoms with Gasteiger partial charge in [0, 0.05) is 88.3 Å². The first-order valence-corrected chi connectivity index (χ1v) is 20.3. The lowest BCUT2D eigenvalue weighted by atomic mass is 9.94. The first-order valence-electron chi connectivity index (χ1n) is 20.3. The number of nitrogen functional groups attached to an aromatic ring is 1. The van der Waals surface area contributed by atoms with Crippen molar-refractivity contribution in [1.29, 1.82) is 0 Å². The zero-order valence-corrected chi connectivity index (χ0v) is 32.8. The summed E-state index contributed by atoms with van der Waals surface area (Å²) in [7, 11) is 1.75. The van der Waals surface area contributed by atoms with E-state index in [-0.39, 0.29) is 35.5 Å². The van der Waals surface area contributed by atoms with Gasteiger partial charge in [-0.3, -0.25) is 33.8 Å². The normalized spacial score (nSPS) is 20.2. The molecule has 58 heavy (non-hydrogen) atoms. The van der Waals surface area contributed by atoms with Crippen LogP contribution in [0, 0.1) is 11.8 Å². The molecule has 2 aromatic heterocycles. The number of aryl methyl sites for hydroxylation is 1. The summed E-state index contributed by atoms with van der Waals surface area (Å²) < 4.78 is 9.29. The quantitative estimate of drug-likeness (QED) is 0.0709. The number of nitrogens with zero attached hydrogens (tertiary/aromatic N) is 7. The Morgan fingerprint density at radius 2 is 1.74 bits per heavy atom. The van der Waals surface area contributed by atoms with Gasteiger partial charge >= 0.3 is 5.69 Å². The first-order chi connectivity index (χ1) is 28.2. The average Bonchev–Trinajstić information content (AvgIpc) is 4.03. The molecule has 4 aliphatic rings. The van der Waals surface area contributed by atoms with E-state index in [0.717, 1.165) is 82.5 Å². The molecule has 0 radical (unpaired) electrons. The number of amides is 3. The molecule has 0 bridgehead atoms. The van der Waals surface area contributed by atoms with Gasteiger partial charge < -0.3 is 31.3 Å². The van der Waals surface area contributed by atoms with E-state index in [9.17, 15) is 19.2 Å². The number of hydrogen-bond acceptors (Lipinski definition) is 12. The summed E-state index contributed by atoms with van der Waals surface area (Å²) in [6.07, 6.45) is 12.8. The van der Waals surface area contributed by atoms with Crippen LogP contribution < -0.4 is 37.4 Å². The molecule has 16 nitrogen and oxygen atoms in total. The fourth-order valence-corrected chi connectivity index (χ4v) is 8.37. The minimum absolute atomic E-state index is 0.142. The van der Waals surface area contributed by atoms with E-state index in [0.29, 0.717) is 53.1 Å². The molecule has 3 saturated heterocycles. The summed E-state index contributed by atoms with van der Waals surface area (Å²) in [5.41, 5.74) is 16.4. The molecule has 4 aromatic rings. The molecule has 304 valence electrons. The molecule has 6 N–H and O–H groups in total. The second kappa shape index (κ2) is 16.8. The number of para-hydroxylation sites is 1. The van der Waals surface area contributed by atoms with Crippen molar-refractivity contribution in [2.24, 2.45) is 29.6 Å². The van der Waals surface area contributed by atoms with Crippen LogP contribution in [0.4, 0.5) is 17.1 Å². The standard InChI is InChI=1S/C42H51N11O5/c1-50-38-33(4-2-5-34(38)53(42(50)57)35-8-9-37(54)49-41(35)56)52-18-10-26(11-19-52)24-51-16-12-29(13-17-51)47-23-28-20-32(36(21-31(28)44)58-25-27-6-7-27)48-40(55)30(22-43)39-45-14-3-15-46-39/h2-5,14-15,20-23,26-27,29,35H,6-13,16-19,24-25,43-44H2,1H3,(H,48,55)(H,49,54,56). The number of benzene rings is 2. The number of ether oxygens (including phenoxy) is 1. The molecule has 1 atom stereocenters. The van der Waals surface area contributed by atoms with Crippen LogP contribution in [-0.4, -0.2) is 93.3 Å². The number of rotatable bonds is 12. The molecule has 0 spiro atoms.